The summed E-state index contributed by atoms with van der Waals surface area (Å²) >= 11 is 23.2. The second-order valence-electron chi connectivity index (χ2n) is 2.63. The van der Waals surface area contributed by atoms with Gasteiger partial charge in [0.2, 0.25) is 0 Å². The van der Waals surface area contributed by atoms with Crippen molar-refractivity contribution in [2.75, 3.05) is 6.54 Å². The maximum Gasteiger partial charge on any atom is 0.0942 e. The Morgan fingerprint density at radius 2 is 1.57 bits per heavy atom. The van der Waals surface area contributed by atoms with Crippen LogP contribution in [-0.4, -0.2) is 11.7 Å². The highest BCUT2D eigenvalue weighted by atomic mass is 35.5. The first-order valence-corrected chi connectivity index (χ1v) is 5.21. The number of nitrogens with two attached hydrogens (primary N) is 1. The van der Waals surface area contributed by atoms with Crippen molar-refractivity contribution in [1.29, 1.82) is 0 Å². The molecule has 3 N–H and O–H groups in total. The van der Waals surface area contributed by atoms with Gasteiger partial charge < -0.3 is 10.8 Å². The van der Waals surface area contributed by atoms with E-state index in [9.17, 15) is 5.11 Å². The van der Waals surface area contributed by atoms with E-state index in [2.05, 4.69) is 0 Å². The lowest BCUT2D eigenvalue weighted by molar-refractivity contribution is 0.187. The minimum absolute atomic E-state index is 0.00386. The Morgan fingerprint density at radius 1 is 1.14 bits per heavy atom. The molecule has 0 aliphatic carbocycles. The Bertz CT molecular complexity index is 329. The van der Waals surface area contributed by atoms with Gasteiger partial charge in [-0.25, -0.2) is 0 Å². The van der Waals surface area contributed by atoms with Gasteiger partial charge in [0.15, 0.2) is 0 Å². The van der Waals surface area contributed by atoms with Crippen LogP contribution in [0, 0.1) is 0 Å². The summed E-state index contributed by atoms with van der Waals surface area (Å²) in [6, 6.07) is 1.42. The summed E-state index contributed by atoms with van der Waals surface area (Å²) in [6.45, 7) is -0.00386. The van der Waals surface area contributed by atoms with E-state index in [0.717, 1.165) is 0 Å². The molecule has 78 valence electrons. The quantitative estimate of drug-likeness (QED) is 0.813. The third-order valence-electron chi connectivity index (χ3n) is 1.70. The summed E-state index contributed by atoms with van der Waals surface area (Å²) < 4.78 is 0. The van der Waals surface area contributed by atoms with Gasteiger partial charge in [-0.15, -0.1) is 0 Å². The van der Waals surface area contributed by atoms with Crippen LogP contribution in [0.1, 0.15) is 11.7 Å². The molecule has 0 saturated heterocycles. The van der Waals surface area contributed by atoms with E-state index < -0.39 is 6.10 Å². The van der Waals surface area contributed by atoms with Crippen LogP contribution in [0.2, 0.25) is 20.1 Å². The fourth-order valence-electron chi connectivity index (χ4n) is 1.00. The molecule has 0 aliphatic rings. The molecule has 0 heterocycles. The average molecular weight is 275 g/mol. The third-order valence-corrected chi connectivity index (χ3v) is 3.31. The average Bonchev–Trinajstić information content (AvgIpc) is 2.15. The lowest BCUT2D eigenvalue weighted by Crippen LogP contribution is -2.12. The standard InChI is InChI=1S/C8H7Cl4NO/c9-3-1-4(10)8(12)6(7(3)11)5(14)2-13/h1,5,14H,2,13H2/t5-/m0/s1. The Balaban J connectivity index is 3.39. The van der Waals surface area contributed by atoms with E-state index in [-0.39, 0.29) is 32.2 Å². The number of hydrogen-bond acceptors (Lipinski definition) is 2. The molecule has 0 bridgehead atoms. The number of hydrogen-bond donors (Lipinski definition) is 2. The predicted molar refractivity (Wildman–Crippen MR) is 60.5 cm³/mol. The normalized spacial score (nSPS) is 13.0. The lowest BCUT2D eigenvalue weighted by Gasteiger charge is -2.14. The highest BCUT2D eigenvalue weighted by molar-refractivity contribution is 6.48. The van der Waals surface area contributed by atoms with Crippen LogP contribution < -0.4 is 5.73 Å². The molecule has 0 radical (unpaired) electrons. The fourth-order valence-corrected chi connectivity index (χ4v) is 2.08. The second kappa shape index (κ2) is 4.88. The molecule has 0 aromatic heterocycles. The van der Waals surface area contributed by atoms with Gasteiger partial charge in [0.25, 0.3) is 0 Å². The van der Waals surface area contributed by atoms with Crippen molar-refractivity contribution in [2.24, 2.45) is 5.73 Å². The van der Waals surface area contributed by atoms with E-state index in [4.69, 9.17) is 52.1 Å². The Hall–Kier alpha value is 0.300. The van der Waals surface area contributed by atoms with Gasteiger partial charge >= 0.3 is 0 Å². The molecular formula is C8H7Cl4NO. The minimum atomic E-state index is -0.966. The molecular weight excluding hydrogens is 268 g/mol. The second-order valence-corrected chi connectivity index (χ2v) is 4.20. The monoisotopic (exact) mass is 273 g/mol. The van der Waals surface area contributed by atoms with Crippen molar-refractivity contribution < 1.29 is 5.11 Å². The van der Waals surface area contributed by atoms with Crippen LogP contribution in [0.4, 0.5) is 0 Å². The number of aliphatic hydroxyl groups is 1. The minimum Gasteiger partial charge on any atom is -0.387 e. The fraction of sp³-hybridized carbons (Fsp3) is 0.250. The van der Waals surface area contributed by atoms with E-state index in [0.29, 0.717) is 0 Å². The van der Waals surface area contributed by atoms with Crippen molar-refractivity contribution >= 4 is 46.4 Å². The van der Waals surface area contributed by atoms with Gasteiger partial charge in [-0.3, -0.25) is 0 Å². The first kappa shape index (κ1) is 12.4. The smallest absolute Gasteiger partial charge is 0.0942 e. The SMILES string of the molecule is NC[C@H](O)c1c(Cl)c(Cl)cc(Cl)c1Cl. The van der Waals surface area contributed by atoms with Gasteiger partial charge in [-0.2, -0.15) is 0 Å². The van der Waals surface area contributed by atoms with E-state index in [1.165, 1.54) is 6.07 Å². The first-order chi connectivity index (χ1) is 6.49. The molecule has 0 amide bonds. The van der Waals surface area contributed by atoms with Crippen LogP contribution >= 0.6 is 46.4 Å². The molecule has 1 rings (SSSR count). The van der Waals surface area contributed by atoms with E-state index in [1.807, 2.05) is 0 Å². The zero-order chi connectivity index (χ0) is 10.9. The molecule has 1 atom stereocenters. The summed E-state index contributed by atoms with van der Waals surface area (Å²) in [6.07, 6.45) is -0.966. The molecule has 2 nitrogen and oxygen atoms in total. The Labute approximate surface area is 102 Å². The topological polar surface area (TPSA) is 46.2 Å². The van der Waals surface area contributed by atoms with Crippen LogP contribution in [0.5, 0.6) is 0 Å². The summed E-state index contributed by atoms with van der Waals surface area (Å²) in [4.78, 5) is 0. The highest BCUT2D eigenvalue weighted by Gasteiger charge is 2.19. The molecule has 1 aromatic carbocycles. The van der Waals surface area contributed by atoms with Crippen molar-refractivity contribution in [3.05, 3.63) is 31.7 Å². The summed E-state index contributed by atoms with van der Waals surface area (Å²) in [5.74, 6) is 0. The van der Waals surface area contributed by atoms with Crippen molar-refractivity contribution in [1.82, 2.24) is 0 Å². The molecule has 1 aromatic rings. The summed E-state index contributed by atoms with van der Waals surface area (Å²) in [7, 11) is 0. The summed E-state index contributed by atoms with van der Waals surface area (Å²) in [5, 5.41) is 10.4. The first-order valence-electron chi connectivity index (χ1n) is 3.70. The Morgan fingerprint density at radius 3 is 1.93 bits per heavy atom. The maximum absolute atomic E-state index is 9.53. The number of halogens is 4. The van der Waals surface area contributed by atoms with Crippen molar-refractivity contribution in [3.63, 3.8) is 0 Å². The van der Waals surface area contributed by atoms with Gasteiger partial charge in [0.1, 0.15) is 0 Å². The molecule has 0 saturated carbocycles. The van der Waals surface area contributed by atoms with Gasteiger partial charge in [-0.05, 0) is 6.07 Å². The lowest BCUT2D eigenvalue weighted by atomic mass is 10.1. The molecule has 0 unspecified atom stereocenters. The number of benzene rings is 1. The molecule has 0 fully saturated rings. The van der Waals surface area contributed by atoms with E-state index in [1.54, 1.807) is 0 Å². The molecule has 0 aliphatic heterocycles. The van der Waals surface area contributed by atoms with Crippen LogP contribution in [0.15, 0.2) is 6.07 Å². The predicted octanol–water partition coefficient (Wildman–Crippen LogP) is 3.29. The summed E-state index contributed by atoms with van der Waals surface area (Å²) in [5.41, 5.74) is 5.56. The van der Waals surface area contributed by atoms with Crippen molar-refractivity contribution in [2.45, 2.75) is 6.10 Å². The Kier molecular flexibility index (Phi) is 4.31. The van der Waals surface area contributed by atoms with E-state index >= 15 is 0 Å². The third kappa shape index (κ3) is 2.27. The van der Waals surface area contributed by atoms with Gasteiger partial charge in [-0.1, -0.05) is 46.4 Å². The molecule has 0 spiro atoms. The van der Waals surface area contributed by atoms with Crippen LogP contribution in [0.25, 0.3) is 0 Å². The zero-order valence-electron chi connectivity index (χ0n) is 6.90. The zero-order valence-corrected chi connectivity index (χ0v) is 9.92. The molecule has 14 heavy (non-hydrogen) atoms. The van der Waals surface area contributed by atoms with Gasteiger partial charge in [0, 0.05) is 12.1 Å². The van der Waals surface area contributed by atoms with Gasteiger partial charge in [0.05, 0.1) is 26.2 Å². The number of rotatable bonds is 2. The highest BCUT2D eigenvalue weighted by Crippen LogP contribution is 2.39. The maximum atomic E-state index is 9.53. The van der Waals surface area contributed by atoms with Crippen molar-refractivity contribution in [3.8, 4) is 0 Å². The van der Waals surface area contributed by atoms with Crippen LogP contribution in [-0.2, 0) is 0 Å². The largest absolute Gasteiger partial charge is 0.387 e. The molecule has 6 heteroatoms. The van der Waals surface area contributed by atoms with Crippen LogP contribution in [0.3, 0.4) is 0 Å². The number of aliphatic hydroxyl groups excluding tert-OH is 1.